The molecule has 0 spiro atoms. The molecule has 1 aromatic heterocycles. The average Bonchev–Trinajstić information content (AvgIpc) is 2.66. The molecule has 2 amide bonds. The number of para-hydroxylation sites is 1. The van der Waals surface area contributed by atoms with Gasteiger partial charge in [-0.2, -0.15) is 0 Å². The molecular formula is C22H29N5O2. The number of piperazine rings is 1. The quantitative estimate of drug-likeness (QED) is 0.864. The van der Waals surface area contributed by atoms with Crippen LogP contribution in [0.1, 0.15) is 49.6 Å². The second kappa shape index (κ2) is 8.19. The van der Waals surface area contributed by atoms with E-state index >= 15 is 0 Å². The van der Waals surface area contributed by atoms with Crippen molar-refractivity contribution in [3.8, 4) is 0 Å². The van der Waals surface area contributed by atoms with E-state index < -0.39 is 0 Å². The number of aryl methyl sites for hydroxylation is 1. The summed E-state index contributed by atoms with van der Waals surface area (Å²) in [5.41, 5.74) is 2.47. The first kappa shape index (κ1) is 20.8. The van der Waals surface area contributed by atoms with Crippen LogP contribution in [0.3, 0.4) is 0 Å². The van der Waals surface area contributed by atoms with Gasteiger partial charge in [0.05, 0.1) is 0 Å². The van der Waals surface area contributed by atoms with Crippen molar-refractivity contribution in [2.45, 2.75) is 40.0 Å². The van der Waals surface area contributed by atoms with Crippen molar-refractivity contribution < 1.29 is 9.59 Å². The highest BCUT2D eigenvalue weighted by Gasteiger charge is 2.25. The van der Waals surface area contributed by atoms with Gasteiger partial charge in [0.1, 0.15) is 17.3 Å². The van der Waals surface area contributed by atoms with Crippen molar-refractivity contribution in [3.63, 3.8) is 0 Å². The molecule has 0 radical (unpaired) electrons. The van der Waals surface area contributed by atoms with Gasteiger partial charge in [-0.05, 0) is 24.0 Å². The molecule has 2 heterocycles. The van der Waals surface area contributed by atoms with E-state index in [1.807, 2.05) is 18.2 Å². The SMILES string of the molecule is CC(=O)N1CCN(C(=O)c2cc(Nc3ccccc3C(C)(C)C)nc(C)n2)CC1. The molecule has 1 N–H and O–H groups in total. The number of carbonyl (C=O) groups is 2. The van der Waals surface area contributed by atoms with Gasteiger partial charge < -0.3 is 15.1 Å². The van der Waals surface area contributed by atoms with E-state index in [0.717, 1.165) is 5.69 Å². The largest absolute Gasteiger partial charge is 0.340 e. The summed E-state index contributed by atoms with van der Waals surface area (Å²) in [6, 6.07) is 9.81. The lowest BCUT2D eigenvalue weighted by atomic mass is 9.86. The van der Waals surface area contributed by atoms with Crippen molar-refractivity contribution in [1.29, 1.82) is 0 Å². The summed E-state index contributed by atoms with van der Waals surface area (Å²) in [5.74, 6) is 1.04. The number of anilines is 2. The van der Waals surface area contributed by atoms with E-state index in [0.29, 0.717) is 43.5 Å². The molecule has 0 atom stereocenters. The van der Waals surface area contributed by atoms with Crippen LogP contribution in [0.2, 0.25) is 0 Å². The Balaban J connectivity index is 1.81. The van der Waals surface area contributed by atoms with Gasteiger partial charge in [-0.25, -0.2) is 9.97 Å². The van der Waals surface area contributed by atoms with Crippen LogP contribution >= 0.6 is 0 Å². The third-order valence-corrected chi connectivity index (χ3v) is 5.07. The molecule has 7 nitrogen and oxygen atoms in total. The van der Waals surface area contributed by atoms with E-state index in [4.69, 9.17) is 0 Å². The van der Waals surface area contributed by atoms with Crippen LogP contribution in [-0.2, 0) is 10.2 Å². The lowest BCUT2D eigenvalue weighted by molar-refractivity contribution is -0.130. The van der Waals surface area contributed by atoms with Crippen molar-refractivity contribution in [2.75, 3.05) is 31.5 Å². The summed E-state index contributed by atoms with van der Waals surface area (Å²) in [5, 5.41) is 3.37. The second-order valence-corrected chi connectivity index (χ2v) is 8.40. The van der Waals surface area contributed by atoms with Crippen LogP contribution in [0.5, 0.6) is 0 Å². The molecule has 29 heavy (non-hydrogen) atoms. The van der Waals surface area contributed by atoms with Gasteiger partial charge in [0, 0.05) is 44.9 Å². The number of carbonyl (C=O) groups excluding carboxylic acids is 2. The number of benzene rings is 1. The summed E-state index contributed by atoms with van der Waals surface area (Å²) < 4.78 is 0. The minimum Gasteiger partial charge on any atom is -0.340 e. The maximum atomic E-state index is 13.0. The highest BCUT2D eigenvalue weighted by molar-refractivity contribution is 5.93. The van der Waals surface area contributed by atoms with E-state index in [-0.39, 0.29) is 17.2 Å². The highest BCUT2D eigenvalue weighted by atomic mass is 16.2. The van der Waals surface area contributed by atoms with Crippen LogP contribution in [0.15, 0.2) is 30.3 Å². The van der Waals surface area contributed by atoms with Crippen LogP contribution in [0.25, 0.3) is 0 Å². The summed E-state index contributed by atoms with van der Waals surface area (Å²) in [4.78, 5) is 36.8. The predicted octanol–water partition coefficient (Wildman–Crippen LogP) is 3.13. The molecular weight excluding hydrogens is 366 g/mol. The molecule has 3 rings (SSSR count). The maximum absolute atomic E-state index is 13.0. The Morgan fingerprint density at radius 2 is 1.62 bits per heavy atom. The normalized spacial score (nSPS) is 14.7. The Hall–Kier alpha value is -2.96. The number of nitrogens with one attached hydrogen (secondary N) is 1. The van der Waals surface area contributed by atoms with Crippen molar-refractivity contribution in [3.05, 3.63) is 47.4 Å². The fourth-order valence-electron chi connectivity index (χ4n) is 3.51. The fourth-order valence-corrected chi connectivity index (χ4v) is 3.51. The molecule has 2 aromatic rings. The molecule has 1 aromatic carbocycles. The summed E-state index contributed by atoms with van der Waals surface area (Å²) in [6.07, 6.45) is 0. The molecule has 1 saturated heterocycles. The van der Waals surface area contributed by atoms with Gasteiger partial charge in [0.15, 0.2) is 0 Å². The van der Waals surface area contributed by atoms with Crippen molar-refractivity contribution in [2.24, 2.45) is 0 Å². The lowest BCUT2D eigenvalue weighted by Crippen LogP contribution is -2.50. The van der Waals surface area contributed by atoms with Gasteiger partial charge >= 0.3 is 0 Å². The Morgan fingerprint density at radius 1 is 1.00 bits per heavy atom. The van der Waals surface area contributed by atoms with Crippen LogP contribution < -0.4 is 5.32 Å². The Labute approximate surface area is 172 Å². The minimum absolute atomic E-state index is 0.0271. The molecule has 1 aliphatic rings. The molecule has 0 saturated carbocycles. The number of aromatic nitrogens is 2. The summed E-state index contributed by atoms with van der Waals surface area (Å²) >= 11 is 0. The Morgan fingerprint density at radius 3 is 2.24 bits per heavy atom. The standard InChI is InChI=1S/C22H29N5O2/c1-15-23-19(21(29)27-12-10-26(11-13-27)16(2)28)14-20(24-15)25-18-9-7-6-8-17(18)22(3,4)5/h6-9,14H,10-13H2,1-5H3,(H,23,24,25). The Bertz CT molecular complexity index is 912. The number of rotatable bonds is 3. The van der Waals surface area contributed by atoms with Crippen LogP contribution in [0.4, 0.5) is 11.5 Å². The molecule has 154 valence electrons. The number of hydrogen-bond donors (Lipinski definition) is 1. The molecule has 1 fully saturated rings. The van der Waals surface area contributed by atoms with Crippen LogP contribution in [-0.4, -0.2) is 57.8 Å². The zero-order valence-corrected chi connectivity index (χ0v) is 17.8. The third kappa shape index (κ3) is 4.91. The average molecular weight is 396 g/mol. The minimum atomic E-state index is -0.133. The van der Waals surface area contributed by atoms with E-state index in [2.05, 4.69) is 42.1 Å². The van der Waals surface area contributed by atoms with E-state index in [1.54, 1.807) is 29.7 Å². The second-order valence-electron chi connectivity index (χ2n) is 8.40. The van der Waals surface area contributed by atoms with Gasteiger partial charge in [-0.15, -0.1) is 0 Å². The van der Waals surface area contributed by atoms with Gasteiger partial charge in [-0.3, -0.25) is 9.59 Å². The molecule has 7 heteroatoms. The summed E-state index contributed by atoms with van der Waals surface area (Å²) in [7, 11) is 0. The third-order valence-electron chi connectivity index (χ3n) is 5.07. The number of amides is 2. The topological polar surface area (TPSA) is 78.4 Å². The molecule has 0 unspecified atom stereocenters. The molecule has 1 aliphatic heterocycles. The first-order valence-corrected chi connectivity index (χ1v) is 9.92. The number of nitrogens with zero attached hydrogens (tertiary/aromatic N) is 4. The predicted molar refractivity (Wildman–Crippen MR) is 113 cm³/mol. The first-order valence-electron chi connectivity index (χ1n) is 9.92. The van der Waals surface area contributed by atoms with Crippen LogP contribution in [0, 0.1) is 6.92 Å². The van der Waals surface area contributed by atoms with E-state index in [9.17, 15) is 9.59 Å². The van der Waals surface area contributed by atoms with Gasteiger partial charge in [0.25, 0.3) is 5.91 Å². The lowest BCUT2D eigenvalue weighted by Gasteiger charge is -2.34. The maximum Gasteiger partial charge on any atom is 0.272 e. The molecule has 0 aliphatic carbocycles. The monoisotopic (exact) mass is 395 g/mol. The summed E-state index contributed by atoms with van der Waals surface area (Å²) in [6.45, 7) is 11.9. The number of hydrogen-bond acceptors (Lipinski definition) is 5. The van der Waals surface area contributed by atoms with Gasteiger partial charge in [0.2, 0.25) is 5.91 Å². The highest BCUT2D eigenvalue weighted by Crippen LogP contribution is 2.31. The smallest absolute Gasteiger partial charge is 0.272 e. The molecule has 0 bridgehead atoms. The first-order chi connectivity index (χ1) is 13.6. The van der Waals surface area contributed by atoms with Crippen molar-refractivity contribution >= 4 is 23.3 Å². The Kier molecular flexibility index (Phi) is 5.86. The van der Waals surface area contributed by atoms with E-state index in [1.165, 1.54) is 5.56 Å². The van der Waals surface area contributed by atoms with Gasteiger partial charge in [-0.1, -0.05) is 39.0 Å². The zero-order chi connectivity index (χ0) is 21.2. The fraction of sp³-hybridized carbons (Fsp3) is 0.455. The zero-order valence-electron chi connectivity index (χ0n) is 17.8. The van der Waals surface area contributed by atoms with Crippen molar-refractivity contribution in [1.82, 2.24) is 19.8 Å².